The van der Waals surface area contributed by atoms with Gasteiger partial charge < -0.3 is 21.0 Å². The van der Waals surface area contributed by atoms with Gasteiger partial charge in [-0.15, -0.1) is 22.0 Å². The third kappa shape index (κ3) is 5.83. The van der Waals surface area contributed by atoms with Crippen molar-refractivity contribution in [2.45, 2.75) is 10.1 Å². The molecular weight excluding hydrogens is 438 g/mol. The number of methoxy groups -OCH3 is 1. The third-order valence-corrected chi connectivity index (χ3v) is 5.70. The molecule has 2 aromatic carbocycles. The highest BCUT2D eigenvalue weighted by atomic mass is 32.2. The summed E-state index contributed by atoms with van der Waals surface area (Å²) < 4.78 is 6.20. The molecule has 0 bridgehead atoms. The first kappa shape index (κ1) is 22.3. The van der Waals surface area contributed by atoms with Gasteiger partial charge in [0, 0.05) is 4.90 Å². The maximum Gasteiger partial charge on any atom is 0.264 e. The summed E-state index contributed by atoms with van der Waals surface area (Å²) in [6, 6.07) is 12.4. The minimum absolute atomic E-state index is 0.00515. The second-order valence-corrected chi connectivity index (χ2v) is 7.81. The molecule has 0 aliphatic carbocycles. The topological polar surface area (TPSA) is 140 Å². The number of aromatic hydroxyl groups is 1. The number of benzene rings is 2. The van der Waals surface area contributed by atoms with Crippen molar-refractivity contribution in [1.29, 1.82) is 0 Å². The summed E-state index contributed by atoms with van der Waals surface area (Å²) in [7, 11) is 1.47. The molecule has 3 rings (SSSR count). The lowest BCUT2D eigenvalue weighted by molar-refractivity contribution is -0.113. The predicted molar refractivity (Wildman–Crippen MR) is 124 cm³/mol. The molecule has 0 aliphatic rings. The minimum Gasteiger partial charge on any atom is -0.504 e. The molecule has 0 radical (unpaired) electrons. The van der Waals surface area contributed by atoms with E-state index in [1.807, 2.05) is 30.5 Å². The molecule has 10 nitrogen and oxygen atoms in total. The number of nitrogens with zero attached hydrogens (tertiary/aromatic N) is 4. The van der Waals surface area contributed by atoms with E-state index in [1.54, 1.807) is 23.9 Å². The number of ether oxygens (including phenoxy) is 1. The standard InChI is InChI=1S/C19H21N7O3S2/c1-29-15-8-7-12(9-14(15)27)10-21-23-18-24-25-19(26(18)20)31-11-17(28)22-13-5-3-4-6-16(13)30-2/h3-10,27H,11,20H2,1-2H3,(H,22,28)(H,23,24)/b21-10+. The highest BCUT2D eigenvalue weighted by molar-refractivity contribution is 7.99. The van der Waals surface area contributed by atoms with Gasteiger partial charge in [-0.1, -0.05) is 23.9 Å². The molecule has 31 heavy (non-hydrogen) atoms. The van der Waals surface area contributed by atoms with Gasteiger partial charge in [0.1, 0.15) is 0 Å². The SMILES string of the molecule is COc1ccc(/C=N/Nc2nnc(SCC(=O)Nc3ccccc3SC)n2N)cc1O. The first-order valence-corrected chi connectivity index (χ1v) is 11.1. The van der Waals surface area contributed by atoms with Gasteiger partial charge in [-0.25, -0.2) is 10.1 Å². The van der Waals surface area contributed by atoms with Crippen molar-refractivity contribution < 1.29 is 14.6 Å². The lowest BCUT2D eigenvalue weighted by atomic mass is 10.2. The fourth-order valence-electron chi connectivity index (χ4n) is 2.47. The molecule has 5 N–H and O–H groups in total. The summed E-state index contributed by atoms with van der Waals surface area (Å²) in [6.45, 7) is 0. The number of nitrogens with one attached hydrogen (secondary N) is 2. The number of hydrogen-bond donors (Lipinski definition) is 4. The van der Waals surface area contributed by atoms with Crippen LogP contribution in [0.3, 0.4) is 0 Å². The van der Waals surface area contributed by atoms with Gasteiger partial charge in [-0.3, -0.25) is 4.79 Å². The Balaban J connectivity index is 1.55. The molecule has 0 atom stereocenters. The minimum atomic E-state index is -0.179. The Kier molecular flexibility index (Phi) is 7.62. The molecule has 1 amide bonds. The second kappa shape index (κ2) is 10.6. The average molecular weight is 460 g/mol. The van der Waals surface area contributed by atoms with Crippen molar-refractivity contribution in [2.75, 3.05) is 35.7 Å². The molecule has 0 fully saturated rings. The number of hydrogen-bond acceptors (Lipinski definition) is 10. The number of thioether (sulfide) groups is 2. The smallest absolute Gasteiger partial charge is 0.264 e. The van der Waals surface area contributed by atoms with Crippen LogP contribution in [0, 0.1) is 0 Å². The van der Waals surface area contributed by atoms with E-state index in [-0.39, 0.29) is 23.4 Å². The highest BCUT2D eigenvalue weighted by Crippen LogP contribution is 2.26. The van der Waals surface area contributed by atoms with Crippen LogP contribution in [0.2, 0.25) is 0 Å². The molecule has 162 valence electrons. The van der Waals surface area contributed by atoms with E-state index in [0.717, 1.165) is 22.3 Å². The third-order valence-electron chi connectivity index (χ3n) is 3.96. The highest BCUT2D eigenvalue weighted by Gasteiger charge is 2.13. The van der Waals surface area contributed by atoms with Crippen molar-refractivity contribution in [1.82, 2.24) is 14.9 Å². The van der Waals surface area contributed by atoms with E-state index < -0.39 is 0 Å². The number of hydrazone groups is 1. The summed E-state index contributed by atoms with van der Waals surface area (Å²) in [5, 5.41) is 24.9. The fraction of sp³-hybridized carbons (Fsp3) is 0.158. The van der Waals surface area contributed by atoms with Crippen LogP contribution in [0.25, 0.3) is 0 Å². The van der Waals surface area contributed by atoms with Crippen molar-refractivity contribution in [3.8, 4) is 11.5 Å². The van der Waals surface area contributed by atoms with Crippen LogP contribution in [0.15, 0.2) is 57.6 Å². The molecule has 3 aromatic rings. The molecule has 1 aromatic heterocycles. The van der Waals surface area contributed by atoms with Gasteiger partial charge in [0.15, 0.2) is 11.5 Å². The zero-order chi connectivity index (χ0) is 22.2. The Morgan fingerprint density at radius 3 is 2.87 bits per heavy atom. The quantitative estimate of drug-likeness (QED) is 0.164. The van der Waals surface area contributed by atoms with Crippen molar-refractivity contribution >= 4 is 47.3 Å². The predicted octanol–water partition coefficient (Wildman–Crippen LogP) is 2.60. The number of nitrogens with two attached hydrogens (primary N) is 1. The van der Waals surface area contributed by atoms with Gasteiger partial charge in [0.2, 0.25) is 11.1 Å². The number of amides is 1. The van der Waals surface area contributed by atoms with E-state index in [0.29, 0.717) is 16.5 Å². The summed E-state index contributed by atoms with van der Waals surface area (Å²) in [5.41, 5.74) is 4.08. The molecule has 0 saturated carbocycles. The Hall–Kier alpha value is -3.38. The Bertz CT molecular complexity index is 1090. The number of phenolic OH excluding ortho intramolecular Hbond substituents is 1. The zero-order valence-corrected chi connectivity index (χ0v) is 18.4. The van der Waals surface area contributed by atoms with Crippen molar-refractivity contribution in [3.05, 3.63) is 48.0 Å². The van der Waals surface area contributed by atoms with Crippen molar-refractivity contribution in [2.24, 2.45) is 5.10 Å². The Labute approximate surface area is 187 Å². The number of rotatable bonds is 9. The van der Waals surface area contributed by atoms with Crippen LogP contribution in [0.4, 0.5) is 11.6 Å². The van der Waals surface area contributed by atoms with Crippen LogP contribution >= 0.6 is 23.5 Å². The van der Waals surface area contributed by atoms with Crippen LogP contribution in [-0.4, -0.2) is 51.2 Å². The molecule has 0 spiro atoms. The van der Waals surface area contributed by atoms with Crippen molar-refractivity contribution in [3.63, 3.8) is 0 Å². The van der Waals surface area contributed by atoms with E-state index in [9.17, 15) is 9.90 Å². The number of carbonyl (C=O) groups excluding carboxylic acids is 1. The van der Waals surface area contributed by atoms with Gasteiger partial charge in [0.25, 0.3) is 5.95 Å². The number of nitrogen functional groups attached to an aromatic ring is 1. The molecule has 0 aliphatic heterocycles. The monoisotopic (exact) mass is 459 g/mol. The van der Waals surface area contributed by atoms with Crippen LogP contribution < -0.4 is 21.3 Å². The van der Waals surface area contributed by atoms with Gasteiger partial charge in [0.05, 0.1) is 24.8 Å². The number of phenols is 1. The Morgan fingerprint density at radius 1 is 1.32 bits per heavy atom. The molecular formula is C19H21N7O3S2. The lowest BCUT2D eigenvalue weighted by Gasteiger charge is -2.08. The maximum atomic E-state index is 12.3. The van der Waals surface area contributed by atoms with Gasteiger partial charge in [-0.2, -0.15) is 5.10 Å². The van der Waals surface area contributed by atoms with E-state index in [2.05, 4.69) is 26.0 Å². The Morgan fingerprint density at radius 2 is 2.13 bits per heavy atom. The van der Waals surface area contributed by atoms with E-state index in [1.165, 1.54) is 24.1 Å². The number of aromatic nitrogens is 3. The normalized spacial score (nSPS) is 10.9. The zero-order valence-electron chi connectivity index (χ0n) is 16.8. The first-order chi connectivity index (χ1) is 15.0. The molecule has 1 heterocycles. The van der Waals surface area contributed by atoms with E-state index >= 15 is 0 Å². The van der Waals surface area contributed by atoms with Crippen LogP contribution in [-0.2, 0) is 4.79 Å². The summed E-state index contributed by atoms with van der Waals surface area (Å²) in [6.07, 6.45) is 3.43. The number of carbonyl (C=O) groups is 1. The lowest BCUT2D eigenvalue weighted by Crippen LogP contribution is -2.17. The number of anilines is 2. The maximum absolute atomic E-state index is 12.3. The molecule has 0 saturated heterocycles. The van der Waals surface area contributed by atoms with Gasteiger partial charge >= 0.3 is 0 Å². The molecule has 0 unspecified atom stereocenters. The fourth-order valence-corrected chi connectivity index (χ4v) is 3.68. The molecule has 12 heteroatoms. The van der Waals surface area contributed by atoms with Crippen LogP contribution in [0.5, 0.6) is 11.5 Å². The average Bonchev–Trinajstić information content (AvgIpc) is 3.12. The largest absolute Gasteiger partial charge is 0.504 e. The van der Waals surface area contributed by atoms with Crippen LogP contribution in [0.1, 0.15) is 5.56 Å². The van der Waals surface area contributed by atoms with E-state index in [4.69, 9.17) is 10.6 Å². The number of para-hydroxylation sites is 1. The second-order valence-electron chi connectivity index (χ2n) is 6.01. The first-order valence-electron chi connectivity index (χ1n) is 8.94. The summed E-state index contributed by atoms with van der Waals surface area (Å²) >= 11 is 2.71. The van der Waals surface area contributed by atoms with Gasteiger partial charge in [-0.05, 0) is 42.2 Å². The summed E-state index contributed by atoms with van der Waals surface area (Å²) in [4.78, 5) is 13.2. The summed E-state index contributed by atoms with van der Waals surface area (Å²) in [5.74, 6) is 6.48.